The zero-order valence-corrected chi connectivity index (χ0v) is 11.1. The maximum absolute atomic E-state index is 5.30. The molecule has 0 bridgehead atoms. The van der Waals surface area contributed by atoms with E-state index in [4.69, 9.17) is 17.0 Å². The number of nitrogens with zero attached hydrogens (tertiary/aromatic N) is 1. The molecule has 0 aliphatic heterocycles. The molecule has 0 amide bonds. The average Bonchev–Trinajstić information content (AvgIpc) is 2.35. The summed E-state index contributed by atoms with van der Waals surface area (Å²) in [7, 11) is 1.66. The van der Waals surface area contributed by atoms with Gasteiger partial charge in [-0.2, -0.15) is 0 Å². The molecule has 86 valence electrons. The third-order valence-electron chi connectivity index (χ3n) is 2.09. The molecule has 0 aliphatic carbocycles. The number of methoxy groups -OCH3 is 1. The molecular formula is C12H15NOS2. The van der Waals surface area contributed by atoms with E-state index < -0.39 is 0 Å². The van der Waals surface area contributed by atoms with Crippen LogP contribution in [0.3, 0.4) is 0 Å². The molecule has 4 heteroatoms. The zero-order valence-electron chi connectivity index (χ0n) is 9.47. The lowest BCUT2D eigenvalue weighted by atomic mass is 10.3. The summed E-state index contributed by atoms with van der Waals surface area (Å²) in [6, 6.07) is 7.83. The highest BCUT2D eigenvalue weighted by Gasteiger charge is 2.09. The molecule has 0 spiro atoms. The summed E-state index contributed by atoms with van der Waals surface area (Å²) in [5.41, 5.74) is 1.06. The van der Waals surface area contributed by atoms with Gasteiger partial charge in [-0.3, -0.25) is 0 Å². The van der Waals surface area contributed by atoms with Crippen molar-refractivity contribution >= 4 is 34.0 Å². The zero-order chi connectivity index (χ0) is 12.0. The van der Waals surface area contributed by atoms with E-state index in [1.807, 2.05) is 41.5 Å². The van der Waals surface area contributed by atoms with Crippen LogP contribution in [0.4, 0.5) is 5.69 Å². The fraction of sp³-hybridized carbons (Fsp3) is 0.250. The smallest absolute Gasteiger partial charge is 0.140 e. The van der Waals surface area contributed by atoms with E-state index in [-0.39, 0.29) is 0 Å². The third-order valence-corrected chi connectivity index (χ3v) is 3.38. The highest BCUT2D eigenvalue weighted by molar-refractivity contribution is 8.22. The minimum absolute atomic E-state index is 0.714. The standard InChI is InChI=1S/C12H15NOS2/c1-4-9-13(12(15)16-3)10-5-7-11(14-2)8-6-10/h4-8H,1,9H2,2-3H3. The van der Waals surface area contributed by atoms with Gasteiger partial charge in [0, 0.05) is 12.2 Å². The van der Waals surface area contributed by atoms with Gasteiger partial charge in [-0.05, 0) is 30.5 Å². The van der Waals surface area contributed by atoms with Gasteiger partial charge in [-0.15, -0.1) is 18.3 Å². The fourth-order valence-electron chi connectivity index (χ4n) is 1.29. The molecule has 2 nitrogen and oxygen atoms in total. The number of thiocarbonyl (C=S) groups is 1. The average molecular weight is 253 g/mol. The van der Waals surface area contributed by atoms with Crippen molar-refractivity contribution in [2.45, 2.75) is 0 Å². The monoisotopic (exact) mass is 253 g/mol. The summed E-state index contributed by atoms with van der Waals surface area (Å²) in [6.07, 6.45) is 3.81. The van der Waals surface area contributed by atoms with Crippen molar-refractivity contribution in [3.05, 3.63) is 36.9 Å². The molecule has 0 unspecified atom stereocenters. The van der Waals surface area contributed by atoms with E-state index in [0.717, 1.165) is 15.8 Å². The summed E-state index contributed by atoms with van der Waals surface area (Å²) < 4.78 is 5.96. The second kappa shape index (κ2) is 6.55. The minimum Gasteiger partial charge on any atom is -0.497 e. The molecule has 1 rings (SSSR count). The highest BCUT2D eigenvalue weighted by Crippen LogP contribution is 2.21. The summed E-state index contributed by atoms with van der Waals surface area (Å²) >= 11 is 6.85. The van der Waals surface area contributed by atoms with Gasteiger partial charge in [-0.1, -0.05) is 18.3 Å². The van der Waals surface area contributed by atoms with Crippen LogP contribution in [-0.2, 0) is 0 Å². The van der Waals surface area contributed by atoms with Gasteiger partial charge in [0.1, 0.15) is 10.1 Å². The van der Waals surface area contributed by atoms with Gasteiger partial charge in [0.05, 0.1) is 7.11 Å². The molecule has 16 heavy (non-hydrogen) atoms. The second-order valence-electron chi connectivity index (χ2n) is 3.07. The Hall–Kier alpha value is -1.00. The van der Waals surface area contributed by atoms with Crippen LogP contribution < -0.4 is 9.64 Å². The topological polar surface area (TPSA) is 12.5 Å². The SMILES string of the molecule is C=CCN(C(=S)SC)c1ccc(OC)cc1. The van der Waals surface area contributed by atoms with Crippen LogP contribution in [0.1, 0.15) is 0 Å². The first-order valence-electron chi connectivity index (χ1n) is 4.83. The molecule has 0 fully saturated rings. The number of hydrogen-bond acceptors (Lipinski definition) is 3. The van der Waals surface area contributed by atoms with Crippen molar-refractivity contribution in [2.24, 2.45) is 0 Å². The molecule has 0 aromatic heterocycles. The van der Waals surface area contributed by atoms with Crippen LogP contribution in [0.25, 0.3) is 0 Å². The summed E-state index contributed by atoms with van der Waals surface area (Å²) in [5.74, 6) is 0.845. The van der Waals surface area contributed by atoms with E-state index in [1.165, 1.54) is 0 Å². The first-order valence-corrected chi connectivity index (χ1v) is 6.46. The number of anilines is 1. The predicted octanol–water partition coefficient (Wildman–Crippen LogP) is 3.34. The summed E-state index contributed by atoms with van der Waals surface area (Å²) in [6.45, 7) is 4.46. The molecule has 0 heterocycles. The maximum Gasteiger partial charge on any atom is 0.140 e. The van der Waals surface area contributed by atoms with Gasteiger partial charge in [0.15, 0.2) is 0 Å². The van der Waals surface area contributed by atoms with Crippen molar-refractivity contribution in [3.63, 3.8) is 0 Å². The van der Waals surface area contributed by atoms with Crippen molar-refractivity contribution < 1.29 is 4.74 Å². The van der Waals surface area contributed by atoms with Crippen LogP contribution in [0.2, 0.25) is 0 Å². The Balaban J connectivity index is 2.91. The van der Waals surface area contributed by atoms with Crippen molar-refractivity contribution in [3.8, 4) is 5.75 Å². The predicted molar refractivity (Wildman–Crippen MR) is 76.7 cm³/mol. The highest BCUT2D eigenvalue weighted by atomic mass is 32.2. The van der Waals surface area contributed by atoms with Crippen LogP contribution >= 0.6 is 24.0 Å². The van der Waals surface area contributed by atoms with E-state index >= 15 is 0 Å². The summed E-state index contributed by atoms with van der Waals surface area (Å²) in [5, 5.41) is 0. The molecular weight excluding hydrogens is 238 g/mol. The number of rotatable bonds is 4. The first-order chi connectivity index (χ1) is 7.72. The number of ether oxygens (including phenoxy) is 1. The van der Waals surface area contributed by atoms with E-state index in [0.29, 0.717) is 6.54 Å². The molecule has 1 aromatic carbocycles. The lowest BCUT2D eigenvalue weighted by Crippen LogP contribution is -2.26. The Labute approximate surface area is 106 Å². The fourth-order valence-corrected chi connectivity index (χ4v) is 1.87. The molecule has 0 aliphatic rings. The molecule has 0 N–H and O–H groups in total. The van der Waals surface area contributed by atoms with E-state index in [9.17, 15) is 0 Å². The van der Waals surface area contributed by atoms with Gasteiger partial charge in [0.2, 0.25) is 0 Å². The Morgan fingerprint density at radius 2 is 2.12 bits per heavy atom. The van der Waals surface area contributed by atoms with Crippen LogP contribution in [0.15, 0.2) is 36.9 Å². The summed E-state index contributed by atoms with van der Waals surface area (Å²) in [4.78, 5) is 2.03. The number of thioether (sulfide) groups is 1. The normalized spacial score (nSPS) is 9.62. The molecule has 0 saturated heterocycles. The lowest BCUT2D eigenvalue weighted by molar-refractivity contribution is 0.415. The van der Waals surface area contributed by atoms with Crippen LogP contribution in [0.5, 0.6) is 5.75 Å². The van der Waals surface area contributed by atoms with E-state index in [1.54, 1.807) is 18.9 Å². The number of hydrogen-bond donors (Lipinski definition) is 0. The van der Waals surface area contributed by atoms with Gasteiger partial charge in [0.25, 0.3) is 0 Å². The third kappa shape index (κ3) is 3.25. The molecule has 0 saturated carbocycles. The Bertz CT molecular complexity index is 362. The van der Waals surface area contributed by atoms with E-state index in [2.05, 4.69) is 6.58 Å². The van der Waals surface area contributed by atoms with Crippen LogP contribution in [0, 0.1) is 0 Å². The Kier molecular flexibility index (Phi) is 5.35. The Morgan fingerprint density at radius 3 is 2.56 bits per heavy atom. The largest absolute Gasteiger partial charge is 0.497 e. The van der Waals surface area contributed by atoms with Crippen molar-refractivity contribution in [1.29, 1.82) is 0 Å². The van der Waals surface area contributed by atoms with Gasteiger partial charge in [-0.25, -0.2) is 0 Å². The number of benzene rings is 1. The lowest BCUT2D eigenvalue weighted by Gasteiger charge is -2.22. The quantitative estimate of drug-likeness (QED) is 0.602. The molecule has 1 aromatic rings. The molecule has 0 radical (unpaired) electrons. The first kappa shape index (κ1) is 13.1. The van der Waals surface area contributed by atoms with Crippen molar-refractivity contribution in [1.82, 2.24) is 0 Å². The maximum atomic E-state index is 5.30. The van der Waals surface area contributed by atoms with Gasteiger partial charge < -0.3 is 9.64 Å². The van der Waals surface area contributed by atoms with Crippen LogP contribution in [-0.4, -0.2) is 24.2 Å². The second-order valence-corrected chi connectivity index (χ2v) is 4.51. The van der Waals surface area contributed by atoms with Gasteiger partial charge >= 0.3 is 0 Å². The van der Waals surface area contributed by atoms with Crippen molar-refractivity contribution in [2.75, 3.05) is 24.8 Å². The minimum atomic E-state index is 0.714. The molecule has 0 atom stereocenters. The Morgan fingerprint density at radius 1 is 1.50 bits per heavy atom.